The predicted molar refractivity (Wildman–Crippen MR) is 167 cm³/mol. The van der Waals surface area contributed by atoms with Crippen LogP contribution >= 0.6 is 0 Å². The quantitative estimate of drug-likeness (QED) is 0.101. The number of carbonyl (C=O) groups excluding carboxylic acids is 3. The van der Waals surface area contributed by atoms with Crippen LogP contribution in [0.2, 0.25) is 0 Å². The third-order valence-corrected chi connectivity index (χ3v) is 6.22. The maximum Gasteiger partial charge on any atom is 0.410 e. The Balaban J connectivity index is 1.22. The Hall–Kier alpha value is -2.69. The lowest BCUT2D eigenvalue weighted by atomic mass is 10.1. The van der Waals surface area contributed by atoms with Crippen molar-refractivity contribution in [1.82, 2.24) is 9.80 Å². The molecule has 1 aliphatic rings. The van der Waals surface area contributed by atoms with Crippen LogP contribution in [0.1, 0.15) is 41.5 Å². The first kappa shape index (κ1) is 39.5. The minimum atomic E-state index is -0.516. The van der Waals surface area contributed by atoms with E-state index in [4.69, 9.17) is 42.6 Å². The second kappa shape index (κ2) is 23.6. The number of carbonyl (C=O) groups is 3. The van der Waals surface area contributed by atoms with Crippen LogP contribution in [0, 0.1) is 0 Å². The minimum Gasteiger partial charge on any atom is -0.444 e. The molecule has 0 atom stereocenters. The van der Waals surface area contributed by atoms with E-state index in [2.05, 4.69) is 0 Å². The summed E-state index contributed by atoms with van der Waals surface area (Å²) >= 11 is 0. The molecular formula is C32H52N2O12. The molecule has 0 aromatic heterocycles. The molecule has 1 aliphatic heterocycles. The van der Waals surface area contributed by atoms with E-state index in [0.29, 0.717) is 117 Å². The van der Waals surface area contributed by atoms with Gasteiger partial charge in [-0.15, -0.1) is 0 Å². The van der Waals surface area contributed by atoms with Crippen molar-refractivity contribution in [2.75, 3.05) is 126 Å². The van der Waals surface area contributed by atoms with Gasteiger partial charge in [-0.3, -0.25) is 14.5 Å². The number of hydrogen-bond acceptors (Lipinski definition) is 12. The normalized spacial score (nSPS) is 13.0. The lowest BCUT2D eigenvalue weighted by Crippen LogP contribution is -2.36. The molecule has 0 spiro atoms. The van der Waals surface area contributed by atoms with E-state index in [0.717, 1.165) is 0 Å². The van der Waals surface area contributed by atoms with Crippen LogP contribution in [0.15, 0.2) is 24.3 Å². The monoisotopic (exact) mass is 656 g/mol. The zero-order valence-corrected chi connectivity index (χ0v) is 27.8. The van der Waals surface area contributed by atoms with E-state index in [-0.39, 0.29) is 31.1 Å². The summed E-state index contributed by atoms with van der Waals surface area (Å²) in [6.45, 7) is 13.0. The SMILES string of the molecule is CN(CCOCCOCCOCCOCCOCCOCCOCCOCCN1C(=O)c2ccccc2C1=O)C(=O)OC(C)(C)C. The van der Waals surface area contributed by atoms with Crippen molar-refractivity contribution in [3.8, 4) is 0 Å². The molecule has 3 amide bonds. The largest absolute Gasteiger partial charge is 0.444 e. The van der Waals surface area contributed by atoms with Crippen molar-refractivity contribution in [3.05, 3.63) is 35.4 Å². The number of ether oxygens (including phenoxy) is 9. The molecule has 14 nitrogen and oxygen atoms in total. The molecule has 0 fully saturated rings. The molecule has 0 bridgehead atoms. The van der Waals surface area contributed by atoms with Crippen LogP contribution in [0.3, 0.4) is 0 Å². The number of fused-ring (bicyclic) bond motifs is 1. The van der Waals surface area contributed by atoms with Gasteiger partial charge >= 0.3 is 6.09 Å². The lowest BCUT2D eigenvalue weighted by Gasteiger charge is -2.24. The number of hydrogen-bond donors (Lipinski definition) is 0. The Labute approximate surface area is 272 Å². The van der Waals surface area contributed by atoms with Gasteiger partial charge in [-0.1, -0.05) is 12.1 Å². The van der Waals surface area contributed by atoms with Gasteiger partial charge < -0.3 is 47.5 Å². The maximum atomic E-state index is 12.3. The molecule has 0 aliphatic carbocycles. The van der Waals surface area contributed by atoms with E-state index >= 15 is 0 Å². The molecule has 1 aromatic carbocycles. The van der Waals surface area contributed by atoms with E-state index < -0.39 is 5.60 Å². The van der Waals surface area contributed by atoms with Crippen molar-refractivity contribution in [2.24, 2.45) is 0 Å². The molecule has 2 rings (SSSR count). The van der Waals surface area contributed by atoms with Gasteiger partial charge in [-0.25, -0.2) is 4.79 Å². The van der Waals surface area contributed by atoms with E-state index in [1.807, 2.05) is 20.8 Å². The molecule has 1 aromatic rings. The Kier molecular flexibility index (Phi) is 20.3. The summed E-state index contributed by atoms with van der Waals surface area (Å²) in [5.41, 5.74) is 0.362. The molecule has 0 unspecified atom stereocenters. The summed E-state index contributed by atoms with van der Waals surface area (Å²) in [4.78, 5) is 39.1. The third kappa shape index (κ3) is 17.3. The highest BCUT2D eigenvalue weighted by molar-refractivity contribution is 6.21. The van der Waals surface area contributed by atoms with Gasteiger partial charge in [0.2, 0.25) is 0 Å². The number of amides is 3. The van der Waals surface area contributed by atoms with Gasteiger partial charge in [0.1, 0.15) is 5.60 Å². The first-order valence-corrected chi connectivity index (χ1v) is 15.7. The Bertz CT molecular complexity index is 969. The third-order valence-electron chi connectivity index (χ3n) is 6.22. The summed E-state index contributed by atoms with van der Waals surface area (Å²) < 4.78 is 49.0. The van der Waals surface area contributed by atoms with Crippen molar-refractivity contribution >= 4 is 17.9 Å². The van der Waals surface area contributed by atoms with Crippen LogP contribution in [0.5, 0.6) is 0 Å². The molecule has 0 N–H and O–H groups in total. The molecule has 262 valence electrons. The number of imide groups is 1. The average molecular weight is 657 g/mol. The van der Waals surface area contributed by atoms with Gasteiger partial charge in [-0.05, 0) is 32.9 Å². The molecule has 0 saturated heterocycles. The van der Waals surface area contributed by atoms with Crippen LogP contribution in [-0.4, -0.2) is 159 Å². The summed E-state index contributed by atoms with van der Waals surface area (Å²) in [5, 5.41) is 0. The minimum absolute atomic E-state index is 0.211. The number of benzene rings is 1. The van der Waals surface area contributed by atoms with Crippen LogP contribution < -0.4 is 0 Å². The Morgan fingerprint density at radius 1 is 0.587 bits per heavy atom. The average Bonchev–Trinajstić information content (AvgIpc) is 3.26. The number of rotatable bonds is 27. The summed E-state index contributed by atoms with van der Waals surface area (Å²) in [6, 6.07) is 6.81. The van der Waals surface area contributed by atoms with Crippen molar-refractivity contribution in [2.45, 2.75) is 26.4 Å². The second-order valence-corrected chi connectivity index (χ2v) is 11.1. The van der Waals surface area contributed by atoms with Crippen molar-refractivity contribution < 1.29 is 57.0 Å². The smallest absolute Gasteiger partial charge is 0.410 e. The van der Waals surface area contributed by atoms with Crippen LogP contribution in [-0.2, 0) is 42.6 Å². The van der Waals surface area contributed by atoms with E-state index in [1.54, 1.807) is 31.3 Å². The maximum absolute atomic E-state index is 12.3. The van der Waals surface area contributed by atoms with Crippen molar-refractivity contribution in [1.29, 1.82) is 0 Å². The molecule has 14 heteroatoms. The fraction of sp³-hybridized carbons (Fsp3) is 0.719. The van der Waals surface area contributed by atoms with Crippen LogP contribution in [0.25, 0.3) is 0 Å². The summed E-state index contributed by atoms with van der Waals surface area (Å²) in [7, 11) is 1.68. The van der Waals surface area contributed by atoms with Crippen LogP contribution in [0.4, 0.5) is 4.79 Å². The van der Waals surface area contributed by atoms with Gasteiger partial charge in [0, 0.05) is 13.6 Å². The molecule has 1 heterocycles. The van der Waals surface area contributed by atoms with Gasteiger partial charge in [0.25, 0.3) is 11.8 Å². The molecule has 0 saturated carbocycles. The number of likely N-dealkylation sites (N-methyl/N-ethyl adjacent to an activating group) is 1. The zero-order valence-electron chi connectivity index (χ0n) is 27.8. The molecule has 46 heavy (non-hydrogen) atoms. The first-order chi connectivity index (χ1) is 22.2. The lowest BCUT2D eigenvalue weighted by molar-refractivity contribution is -0.0238. The second-order valence-electron chi connectivity index (χ2n) is 11.1. The van der Waals surface area contributed by atoms with Gasteiger partial charge in [0.05, 0.1) is 123 Å². The van der Waals surface area contributed by atoms with E-state index in [9.17, 15) is 14.4 Å². The first-order valence-electron chi connectivity index (χ1n) is 15.7. The fourth-order valence-electron chi connectivity index (χ4n) is 3.87. The Morgan fingerprint density at radius 2 is 0.913 bits per heavy atom. The highest BCUT2D eigenvalue weighted by Gasteiger charge is 2.34. The fourth-order valence-corrected chi connectivity index (χ4v) is 3.87. The summed E-state index contributed by atoms with van der Waals surface area (Å²) in [6.07, 6.45) is -0.371. The molecular weight excluding hydrogens is 604 g/mol. The summed E-state index contributed by atoms with van der Waals surface area (Å²) in [5.74, 6) is -0.562. The predicted octanol–water partition coefficient (Wildman–Crippen LogP) is 2.28. The zero-order chi connectivity index (χ0) is 33.5. The Morgan fingerprint density at radius 3 is 1.26 bits per heavy atom. The van der Waals surface area contributed by atoms with Crippen molar-refractivity contribution in [3.63, 3.8) is 0 Å². The van der Waals surface area contributed by atoms with Gasteiger partial charge in [-0.2, -0.15) is 0 Å². The standard InChI is InChI=1S/C32H52N2O12/c1-32(2,3)46-31(37)33(4)9-11-38-13-15-40-17-19-42-21-23-44-25-26-45-24-22-43-20-18-41-16-14-39-12-10-34-29(35)27-7-5-6-8-28(27)30(34)36/h5-8H,9-26H2,1-4H3. The highest BCUT2D eigenvalue weighted by Crippen LogP contribution is 2.21. The highest BCUT2D eigenvalue weighted by atomic mass is 16.6. The number of nitrogens with zero attached hydrogens (tertiary/aromatic N) is 2. The topological polar surface area (TPSA) is 141 Å². The van der Waals surface area contributed by atoms with Gasteiger partial charge in [0.15, 0.2) is 0 Å². The van der Waals surface area contributed by atoms with E-state index in [1.165, 1.54) is 9.80 Å². The molecule has 0 radical (unpaired) electrons.